The van der Waals surface area contributed by atoms with Gasteiger partial charge in [-0.15, -0.1) is 0 Å². The van der Waals surface area contributed by atoms with Gasteiger partial charge < -0.3 is 4.57 Å². The van der Waals surface area contributed by atoms with Crippen LogP contribution in [-0.2, 0) is 0 Å². The third kappa shape index (κ3) is 7.94. The Balaban J connectivity index is 0.000000128. The fraction of sp³-hybridized carbons (Fsp3) is 0.0545. The van der Waals surface area contributed by atoms with Crippen LogP contribution in [0.5, 0.6) is 0 Å². The maximum atomic E-state index is 2.35. The number of rotatable bonds is 4. The van der Waals surface area contributed by atoms with Gasteiger partial charge in [-0.3, -0.25) is 0 Å². The van der Waals surface area contributed by atoms with Gasteiger partial charge in [-0.2, -0.15) is 0 Å². The first kappa shape index (κ1) is 36.0. The highest BCUT2D eigenvalue weighted by Gasteiger charge is 2.12. The van der Waals surface area contributed by atoms with Crippen LogP contribution in [0.25, 0.3) is 71.6 Å². The van der Waals surface area contributed by atoms with Gasteiger partial charge >= 0.3 is 0 Å². The van der Waals surface area contributed by atoms with Crippen molar-refractivity contribution in [3.8, 4) is 39.1 Å². The quantitative estimate of drug-likeness (QED) is 0.171. The number of fused-ring (bicyclic) bond motifs is 4. The van der Waals surface area contributed by atoms with Crippen LogP contribution >= 0.6 is 0 Å². The molecule has 0 radical (unpaired) electrons. The maximum Gasteiger partial charge on any atom is 0.0541 e. The molecule has 0 fully saturated rings. The molecule has 1 nitrogen and oxygen atoms in total. The number of nitrogens with zero attached hydrogens (tertiary/aromatic N) is 1. The van der Waals surface area contributed by atoms with E-state index in [1.54, 1.807) is 0 Å². The summed E-state index contributed by atoms with van der Waals surface area (Å²) < 4.78 is 2.35. The topological polar surface area (TPSA) is 4.93 Å². The molecule has 0 N–H and O–H groups in total. The van der Waals surface area contributed by atoms with Crippen LogP contribution in [0.3, 0.4) is 0 Å². The van der Waals surface area contributed by atoms with Crippen molar-refractivity contribution in [1.82, 2.24) is 4.57 Å². The van der Waals surface area contributed by atoms with Crippen molar-refractivity contribution in [3.63, 3.8) is 0 Å². The Kier molecular flexibility index (Phi) is 10.7. The van der Waals surface area contributed by atoms with E-state index in [1.807, 2.05) is 6.07 Å². The van der Waals surface area contributed by atoms with Gasteiger partial charge in [0.15, 0.2) is 0 Å². The van der Waals surface area contributed by atoms with Crippen molar-refractivity contribution < 1.29 is 0 Å². The van der Waals surface area contributed by atoms with Crippen molar-refractivity contribution in [2.24, 2.45) is 0 Å². The van der Waals surface area contributed by atoms with Crippen molar-refractivity contribution in [2.45, 2.75) is 20.8 Å². The van der Waals surface area contributed by atoms with Gasteiger partial charge in [-0.25, -0.2) is 0 Å². The third-order valence-electron chi connectivity index (χ3n) is 10.4. The number of para-hydroxylation sites is 2. The van der Waals surface area contributed by atoms with Gasteiger partial charge in [0.25, 0.3) is 0 Å². The molecule has 0 bridgehead atoms. The SMILES string of the molecule is Cc1ccc(-c2ccc3c(c2)c2ccccc2n3-c2ccccc2)cc1.Cc1ccc(-c2cccc(-c3ccccc3)c2)cc1.Cc1cccc2ccccc12. The fourth-order valence-electron chi connectivity index (χ4n) is 7.40. The summed E-state index contributed by atoms with van der Waals surface area (Å²) in [5.41, 5.74) is 15.2. The highest BCUT2D eigenvalue weighted by atomic mass is 15.0. The lowest BCUT2D eigenvalue weighted by Gasteiger charge is -2.08. The first-order valence-electron chi connectivity index (χ1n) is 19.3. The summed E-state index contributed by atoms with van der Waals surface area (Å²) in [6, 6.07) is 77.5. The first-order chi connectivity index (χ1) is 27.5. The molecule has 56 heavy (non-hydrogen) atoms. The molecule has 10 rings (SSSR count). The molecule has 9 aromatic carbocycles. The van der Waals surface area contributed by atoms with Crippen molar-refractivity contribution >= 4 is 32.6 Å². The Bertz CT molecular complexity index is 2840. The molecule has 1 heterocycles. The fourth-order valence-corrected chi connectivity index (χ4v) is 7.40. The van der Waals surface area contributed by atoms with E-state index >= 15 is 0 Å². The molecule has 0 atom stereocenters. The Hall–Kier alpha value is -6.96. The zero-order chi connectivity index (χ0) is 38.3. The highest BCUT2D eigenvalue weighted by molar-refractivity contribution is 6.10. The Morgan fingerprint density at radius 3 is 1.38 bits per heavy atom. The minimum absolute atomic E-state index is 1.20. The molecular weight excluding hydrogens is 675 g/mol. The summed E-state index contributed by atoms with van der Waals surface area (Å²) in [5.74, 6) is 0. The normalized spacial score (nSPS) is 10.8. The van der Waals surface area contributed by atoms with Crippen molar-refractivity contribution in [2.75, 3.05) is 0 Å². The average molecular weight is 720 g/mol. The van der Waals surface area contributed by atoms with E-state index in [0.29, 0.717) is 0 Å². The van der Waals surface area contributed by atoms with Gasteiger partial charge in [-0.1, -0.05) is 193 Å². The molecule has 0 unspecified atom stereocenters. The summed E-state index contributed by atoms with van der Waals surface area (Å²) in [6.07, 6.45) is 0. The minimum Gasteiger partial charge on any atom is -0.309 e. The Labute approximate surface area is 330 Å². The lowest BCUT2D eigenvalue weighted by atomic mass is 9.99. The number of hydrogen-bond donors (Lipinski definition) is 0. The first-order valence-corrected chi connectivity index (χ1v) is 19.3. The van der Waals surface area contributed by atoms with E-state index in [4.69, 9.17) is 0 Å². The zero-order valence-corrected chi connectivity index (χ0v) is 32.2. The van der Waals surface area contributed by atoms with E-state index < -0.39 is 0 Å². The van der Waals surface area contributed by atoms with Crippen LogP contribution in [-0.4, -0.2) is 4.57 Å². The minimum atomic E-state index is 1.20. The summed E-state index contributed by atoms with van der Waals surface area (Å²) in [5, 5.41) is 5.27. The summed E-state index contributed by atoms with van der Waals surface area (Å²) in [6.45, 7) is 6.38. The summed E-state index contributed by atoms with van der Waals surface area (Å²) in [7, 11) is 0. The molecule has 0 aliphatic rings. The maximum absolute atomic E-state index is 2.35. The van der Waals surface area contributed by atoms with Gasteiger partial charge in [-0.05, 0) is 107 Å². The second-order valence-corrected chi connectivity index (χ2v) is 14.4. The van der Waals surface area contributed by atoms with Crippen molar-refractivity contribution in [1.29, 1.82) is 0 Å². The van der Waals surface area contributed by atoms with Crippen LogP contribution < -0.4 is 0 Å². The van der Waals surface area contributed by atoms with E-state index in [2.05, 4.69) is 238 Å². The zero-order valence-electron chi connectivity index (χ0n) is 32.2. The number of aryl methyl sites for hydroxylation is 3. The standard InChI is InChI=1S/C25H19N.C19H16.C11H10/c1-18-11-13-19(14-12-18)20-15-16-25-23(17-20)22-9-5-6-10-24(22)26(25)21-7-3-2-4-8-21;1-15-10-12-17(13-11-15)19-9-5-8-18(14-19)16-6-3-2-4-7-16;1-9-5-4-7-10-6-2-3-8-11(9)10/h2-17H,1H3;2-14H,1H3;2-8H,1H3. The van der Waals surface area contributed by atoms with Gasteiger partial charge in [0, 0.05) is 16.5 Å². The van der Waals surface area contributed by atoms with E-state index in [9.17, 15) is 0 Å². The molecule has 0 spiro atoms. The Morgan fingerprint density at radius 2 is 0.732 bits per heavy atom. The molecule has 1 aromatic heterocycles. The second-order valence-electron chi connectivity index (χ2n) is 14.4. The third-order valence-corrected chi connectivity index (χ3v) is 10.4. The predicted octanol–water partition coefficient (Wildman–Crippen LogP) is 15.2. The van der Waals surface area contributed by atoms with Crippen LogP contribution in [0.15, 0.2) is 218 Å². The Morgan fingerprint density at radius 1 is 0.286 bits per heavy atom. The van der Waals surface area contributed by atoms with Crippen LogP contribution in [0.4, 0.5) is 0 Å². The largest absolute Gasteiger partial charge is 0.309 e. The van der Waals surface area contributed by atoms with E-state index in [1.165, 1.54) is 88.3 Å². The average Bonchev–Trinajstić information content (AvgIpc) is 3.59. The molecule has 10 aromatic rings. The smallest absolute Gasteiger partial charge is 0.0541 e. The van der Waals surface area contributed by atoms with Gasteiger partial charge in [0.05, 0.1) is 11.0 Å². The number of benzene rings is 9. The monoisotopic (exact) mass is 719 g/mol. The molecule has 0 aliphatic heterocycles. The number of aromatic nitrogens is 1. The molecule has 0 saturated heterocycles. The molecule has 0 saturated carbocycles. The van der Waals surface area contributed by atoms with E-state index in [-0.39, 0.29) is 0 Å². The molecule has 0 aliphatic carbocycles. The number of hydrogen-bond acceptors (Lipinski definition) is 0. The summed E-state index contributed by atoms with van der Waals surface area (Å²) >= 11 is 0. The predicted molar refractivity (Wildman–Crippen MR) is 242 cm³/mol. The van der Waals surface area contributed by atoms with E-state index in [0.717, 1.165) is 0 Å². The molecule has 0 amide bonds. The van der Waals surface area contributed by atoms with Crippen LogP contribution in [0, 0.1) is 20.8 Å². The molecule has 1 heteroatoms. The lowest BCUT2D eigenvalue weighted by Crippen LogP contribution is -1.92. The molecular formula is C55H45N. The van der Waals surface area contributed by atoms with Crippen LogP contribution in [0.2, 0.25) is 0 Å². The lowest BCUT2D eigenvalue weighted by molar-refractivity contribution is 1.18. The van der Waals surface area contributed by atoms with Gasteiger partial charge in [0.2, 0.25) is 0 Å². The van der Waals surface area contributed by atoms with Gasteiger partial charge in [0.1, 0.15) is 0 Å². The second kappa shape index (κ2) is 16.6. The highest BCUT2D eigenvalue weighted by Crippen LogP contribution is 2.35. The van der Waals surface area contributed by atoms with Crippen LogP contribution in [0.1, 0.15) is 16.7 Å². The van der Waals surface area contributed by atoms with Crippen molar-refractivity contribution in [3.05, 3.63) is 235 Å². The summed E-state index contributed by atoms with van der Waals surface area (Å²) in [4.78, 5) is 0. The molecule has 270 valence electrons.